The minimum atomic E-state index is -4.53. The Morgan fingerprint density at radius 2 is 1.80 bits per heavy atom. The summed E-state index contributed by atoms with van der Waals surface area (Å²) in [6, 6.07) is 13.1. The molecule has 0 aliphatic carbocycles. The summed E-state index contributed by atoms with van der Waals surface area (Å²) in [5, 5.41) is 7.97. The van der Waals surface area contributed by atoms with Crippen LogP contribution in [0.3, 0.4) is 0 Å². The summed E-state index contributed by atoms with van der Waals surface area (Å²) < 4.78 is 42.7. The van der Waals surface area contributed by atoms with Crippen LogP contribution in [-0.2, 0) is 19.0 Å². The highest BCUT2D eigenvalue weighted by Gasteiger charge is 2.32. The normalized spacial score (nSPS) is 12.4. The van der Waals surface area contributed by atoms with E-state index in [1.54, 1.807) is 10.7 Å². The van der Waals surface area contributed by atoms with E-state index < -0.39 is 11.7 Å². The molecule has 0 fully saturated rings. The summed E-state index contributed by atoms with van der Waals surface area (Å²) in [4.78, 5) is 21.9. The van der Waals surface area contributed by atoms with E-state index in [4.69, 9.17) is 0 Å². The number of hydrogen-bond acceptors (Lipinski definition) is 5. The van der Waals surface area contributed by atoms with Crippen molar-refractivity contribution >= 4 is 17.3 Å². The molecule has 1 atom stereocenters. The molecule has 0 unspecified atom stereocenters. The van der Waals surface area contributed by atoms with E-state index in [-0.39, 0.29) is 23.7 Å². The molecule has 0 bridgehead atoms. The van der Waals surface area contributed by atoms with E-state index in [1.165, 1.54) is 6.33 Å². The number of aromatic nitrogens is 4. The molecular formula is C31H34F3N5O. The number of ketones is 1. The van der Waals surface area contributed by atoms with E-state index in [2.05, 4.69) is 20.4 Å². The van der Waals surface area contributed by atoms with Crippen LogP contribution in [0.5, 0.6) is 0 Å². The molecule has 2 heterocycles. The fourth-order valence-corrected chi connectivity index (χ4v) is 4.66. The van der Waals surface area contributed by atoms with Crippen molar-refractivity contribution in [3.8, 4) is 5.82 Å². The number of benzene rings is 2. The topological polar surface area (TPSA) is 72.7 Å². The fraction of sp³-hybridized carbons (Fsp3) is 0.355. The lowest BCUT2D eigenvalue weighted by molar-refractivity contribution is -0.137. The van der Waals surface area contributed by atoms with Gasteiger partial charge < -0.3 is 5.32 Å². The van der Waals surface area contributed by atoms with Gasteiger partial charge in [-0.05, 0) is 73.6 Å². The van der Waals surface area contributed by atoms with Crippen LogP contribution in [0.25, 0.3) is 5.82 Å². The predicted octanol–water partition coefficient (Wildman–Crippen LogP) is 7.93. The zero-order valence-corrected chi connectivity index (χ0v) is 23.4. The first-order chi connectivity index (χ1) is 19.0. The Labute approximate surface area is 232 Å². The first-order valence-electron chi connectivity index (χ1n) is 13.5. The molecule has 0 spiro atoms. The average molecular weight is 550 g/mol. The van der Waals surface area contributed by atoms with Gasteiger partial charge >= 0.3 is 6.18 Å². The van der Waals surface area contributed by atoms with E-state index in [0.717, 1.165) is 54.0 Å². The molecule has 0 aliphatic heterocycles. The van der Waals surface area contributed by atoms with Crippen molar-refractivity contribution in [3.63, 3.8) is 0 Å². The molecule has 0 saturated heterocycles. The number of rotatable bonds is 10. The van der Waals surface area contributed by atoms with E-state index in [0.29, 0.717) is 22.8 Å². The van der Waals surface area contributed by atoms with Crippen LogP contribution in [0.4, 0.5) is 24.7 Å². The summed E-state index contributed by atoms with van der Waals surface area (Å²) in [5.74, 6) is 0.881. The zero-order chi connectivity index (χ0) is 29.0. The van der Waals surface area contributed by atoms with Gasteiger partial charge in [0.2, 0.25) is 0 Å². The lowest BCUT2D eigenvalue weighted by atomic mass is 9.91. The van der Waals surface area contributed by atoms with Crippen LogP contribution in [-0.4, -0.2) is 25.5 Å². The molecule has 9 heteroatoms. The third kappa shape index (κ3) is 6.76. The Morgan fingerprint density at radius 3 is 2.50 bits per heavy atom. The average Bonchev–Trinajstić information content (AvgIpc) is 3.29. The molecule has 0 radical (unpaired) electrons. The number of alkyl halides is 3. The number of carbonyl (C=O) groups is 1. The lowest BCUT2D eigenvalue weighted by Crippen LogP contribution is -2.11. The Morgan fingerprint density at radius 1 is 1.02 bits per heavy atom. The van der Waals surface area contributed by atoms with Gasteiger partial charge in [0.15, 0.2) is 11.6 Å². The van der Waals surface area contributed by atoms with Crippen molar-refractivity contribution in [2.75, 3.05) is 5.32 Å². The van der Waals surface area contributed by atoms with Gasteiger partial charge in [0.05, 0.1) is 11.3 Å². The van der Waals surface area contributed by atoms with Gasteiger partial charge in [0.1, 0.15) is 12.1 Å². The number of hydrogen-bond donors (Lipinski definition) is 1. The second-order valence-electron chi connectivity index (χ2n) is 10.2. The molecular weight excluding hydrogens is 515 g/mol. The number of nitrogens with one attached hydrogen (secondary N) is 1. The molecule has 1 N–H and O–H groups in total. The van der Waals surface area contributed by atoms with Crippen LogP contribution in [0.2, 0.25) is 0 Å². The summed E-state index contributed by atoms with van der Waals surface area (Å²) in [5.41, 5.74) is 3.89. The second kappa shape index (κ2) is 12.0. The minimum Gasteiger partial charge on any atom is -0.340 e. The zero-order valence-electron chi connectivity index (χ0n) is 23.4. The van der Waals surface area contributed by atoms with Gasteiger partial charge in [-0.2, -0.15) is 23.0 Å². The first kappa shape index (κ1) is 29.0. The SMILES string of the molecule is CCC[C@@H](C)c1cc(C(=O)Cc2ccc(C)c(Nc3cc(C)nn3-c3cc(CC)ncn3)c2)cc(C(F)(F)F)c1. The lowest BCUT2D eigenvalue weighted by Gasteiger charge is -2.16. The number of halogens is 3. The van der Waals surface area contributed by atoms with Crippen LogP contribution in [0.1, 0.15) is 83.5 Å². The van der Waals surface area contributed by atoms with E-state index in [1.807, 2.05) is 65.0 Å². The van der Waals surface area contributed by atoms with E-state index >= 15 is 0 Å². The number of carbonyl (C=O) groups excluding carboxylic acids is 1. The monoisotopic (exact) mass is 549 g/mol. The highest BCUT2D eigenvalue weighted by atomic mass is 19.4. The van der Waals surface area contributed by atoms with Gasteiger partial charge in [-0.15, -0.1) is 0 Å². The molecule has 2 aromatic carbocycles. The molecule has 6 nitrogen and oxygen atoms in total. The molecule has 4 rings (SSSR count). The Kier molecular flexibility index (Phi) is 8.71. The Bertz CT molecular complexity index is 1510. The van der Waals surface area contributed by atoms with Crippen molar-refractivity contribution in [3.05, 3.63) is 94.1 Å². The molecule has 0 saturated carbocycles. The fourth-order valence-electron chi connectivity index (χ4n) is 4.66. The smallest absolute Gasteiger partial charge is 0.340 e. The maximum atomic E-state index is 13.7. The number of nitrogens with zero attached hydrogens (tertiary/aromatic N) is 4. The third-order valence-corrected chi connectivity index (χ3v) is 6.94. The van der Waals surface area contributed by atoms with Crippen molar-refractivity contribution < 1.29 is 18.0 Å². The predicted molar refractivity (Wildman–Crippen MR) is 151 cm³/mol. The molecule has 210 valence electrons. The maximum absolute atomic E-state index is 13.7. The van der Waals surface area contributed by atoms with Gasteiger partial charge in [-0.3, -0.25) is 4.79 Å². The van der Waals surface area contributed by atoms with E-state index in [9.17, 15) is 18.0 Å². The number of anilines is 2. The Balaban J connectivity index is 1.62. The standard InChI is InChI=1S/C31H34F3N5O/c1-6-8-19(3)23-14-24(16-25(15-23)31(32,33)34)28(40)13-22-10-9-20(4)27(12-22)37-30-11-21(5)38-39(30)29-17-26(7-2)35-18-36-29/h9-12,14-19,37H,6-8,13H2,1-5H3/t19-/m1/s1. The molecule has 4 aromatic rings. The van der Waals surface area contributed by atoms with Gasteiger partial charge in [0, 0.05) is 35.5 Å². The van der Waals surface area contributed by atoms with Crippen LogP contribution in [0, 0.1) is 13.8 Å². The Hall–Kier alpha value is -4.01. The quantitative estimate of drug-likeness (QED) is 0.203. The van der Waals surface area contributed by atoms with Crippen LogP contribution < -0.4 is 5.32 Å². The summed E-state index contributed by atoms with van der Waals surface area (Å²) >= 11 is 0. The van der Waals surface area contributed by atoms with Crippen LogP contribution in [0.15, 0.2) is 54.9 Å². The van der Waals surface area contributed by atoms with Gasteiger partial charge in [0.25, 0.3) is 0 Å². The highest BCUT2D eigenvalue weighted by molar-refractivity contribution is 5.98. The van der Waals surface area contributed by atoms with Crippen molar-refractivity contribution in [2.45, 2.75) is 72.4 Å². The molecule has 40 heavy (non-hydrogen) atoms. The molecule has 0 amide bonds. The summed E-state index contributed by atoms with van der Waals surface area (Å²) in [6.07, 6.45) is -0.697. The second-order valence-corrected chi connectivity index (χ2v) is 10.2. The van der Waals surface area contributed by atoms with Gasteiger partial charge in [-0.25, -0.2) is 9.97 Å². The summed E-state index contributed by atoms with van der Waals surface area (Å²) in [7, 11) is 0. The third-order valence-electron chi connectivity index (χ3n) is 6.94. The highest BCUT2D eigenvalue weighted by Crippen LogP contribution is 2.34. The summed E-state index contributed by atoms with van der Waals surface area (Å²) in [6.45, 7) is 9.72. The largest absolute Gasteiger partial charge is 0.416 e. The number of Topliss-reactive ketones (excluding diaryl/α,β-unsaturated/α-hetero) is 1. The molecule has 0 aliphatic rings. The minimum absolute atomic E-state index is 0.0259. The maximum Gasteiger partial charge on any atom is 0.416 e. The van der Waals surface area contributed by atoms with Crippen molar-refractivity contribution in [1.82, 2.24) is 19.7 Å². The van der Waals surface area contributed by atoms with Crippen molar-refractivity contribution in [2.24, 2.45) is 0 Å². The van der Waals surface area contributed by atoms with Gasteiger partial charge in [-0.1, -0.05) is 39.3 Å². The molecule has 2 aromatic heterocycles. The van der Waals surface area contributed by atoms with Crippen LogP contribution >= 0.6 is 0 Å². The first-order valence-corrected chi connectivity index (χ1v) is 13.5. The number of aryl methyl sites for hydroxylation is 3. The van der Waals surface area contributed by atoms with Crippen molar-refractivity contribution in [1.29, 1.82) is 0 Å².